The van der Waals surface area contributed by atoms with E-state index < -0.39 is 0 Å². The Morgan fingerprint density at radius 2 is 1.71 bits per heavy atom. The van der Waals surface area contributed by atoms with Crippen LogP contribution in [0.5, 0.6) is 0 Å². The lowest BCUT2D eigenvalue weighted by atomic mass is 10.1. The molecule has 0 spiro atoms. The summed E-state index contributed by atoms with van der Waals surface area (Å²) in [7, 11) is 0. The summed E-state index contributed by atoms with van der Waals surface area (Å²) in [5.74, 6) is 1.41. The average Bonchev–Trinajstić information content (AvgIpc) is 2.75. The molecule has 1 saturated heterocycles. The van der Waals surface area contributed by atoms with Gasteiger partial charge in [0.05, 0.1) is 0 Å². The van der Waals surface area contributed by atoms with Crippen molar-refractivity contribution in [3.8, 4) is 0 Å². The molecule has 5 heteroatoms. The number of rotatable bonds is 6. The Bertz CT molecular complexity index is 901. The van der Waals surface area contributed by atoms with Crippen LogP contribution in [-0.4, -0.2) is 23.1 Å². The second-order valence-corrected chi connectivity index (χ2v) is 7.27. The van der Waals surface area contributed by atoms with Crippen molar-refractivity contribution in [3.05, 3.63) is 71.9 Å². The van der Waals surface area contributed by atoms with Gasteiger partial charge in [0.15, 0.2) is 0 Å². The minimum Gasteiger partial charge on any atom is -0.372 e. The fourth-order valence-corrected chi connectivity index (χ4v) is 3.55. The van der Waals surface area contributed by atoms with Gasteiger partial charge in [0.2, 0.25) is 5.95 Å². The van der Waals surface area contributed by atoms with Gasteiger partial charge in [-0.3, -0.25) is 0 Å². The molecule has 144 valence electrons. The van der Waals surface area contributed by atoms with Crippen LogP contribution in [0.4, 0.5) is 23.1 Å². The topological polar surface area (TPSA) is 53.1 Å². The van der Waals surface area contributed by atoms with Gasteiger partial charge in [-0.1, -0.05) is 24.3 Å². The van der Waals surface area contributed by atoms with Gasteiger partial charge in [-0.25, -0.2) is 4.98 Å². The fraction of sp³-hybridized carbons (Fsp3) is 0.304. The summed E-state index contributed by atoms with van der Waals surface area (Å²) in [6.07, 6.45) is 5.70. The van der Waals surface area contributed by atoms with E-state index in [2.05, 4.69) is 81.0 Å². The van der Waals surface area contributed by atoms with Crippen molar-refractivity contribution in [2.24, 2.45) is 0 Å². The number of piperidine rings is 1. The molecule has 2 N–H and O–H groups in total. The Hall–Kier alpha value is -3.08. The van der Waals surface area contributed by atoms with Crippen LogP contribution in [0.3, 0.4) is 0 Å². The predicted octanol–water partition coefficient (Wildman–Crippen LogP) is 5.13. The number of hydrogen-bond donors (Lipinski definition) is 2. The van der Waals surface area contributed by atoms with E-state index in [4.69, 9.17) is 0 Å². The monoisotopic (exact) mass is 373 g/mol. The molecule has 2 aromatic carbocycles. The number of nitrogens with zero attached hydrogens (tertiary/aromatic N) is 3. The van der Waals surface area contributed by atoms with Crippen molar-refractivity contribution in [2.75, 3.05) is 28.6 Å². The summed E-state index contributed by atoms with van der Waals surface area (Å²) >= 11 is 0. The van der Waals surface area contributed by atoms with Crippen LogP contribution in [0.15, 0.2) is 60.8 Å². The Morgan fingerprint density at radius 3 is 2.50 bits per heavy atom. The minimum atomic E-state index is 0.598. The summed E-state index contributed by atoms with van der Waals surface area (Å²) in [5.41, 5.74) is 4.83. The summed E-state index contributed by atoms with van der Waals surface area (Å²) in [6, 6.07) is 18.8. The molecule has 1 aliphatic heterocycles. The van der Waals surface area contributed by atoms with Gasteiger partial charge in [0, 0.05) is 37.2 Å². The Balaban J connectivity index is 1.38. The van der Waals surface area contributed by atoms with Crippen molar-refractivity contribution < 1.29 is 0 Å². The van der Waals surface area contributed by atoms with Crippen molar-refractivity contribution in [1.82, 2.24) is 9.97 Å². The van der Waals surface area contributed by atoms with Crippen molar-refractivity contribution in [1.29, 1.82) is 0 Å². The van der Waals surface area contributed by atoms with E-state index in [0.717, 1.165) is 31.1 Å². The molecule has 0 bridgehead atoms. The maximum absolute atomic E-state index is 4.58. The first-order valence-corrected chi connectivity index (χ1v) is 10.0. The Morgan fingerprint density at radius 1 is 0.929 bits per heavy atom. The highest BCUT2D eigenvalue weighted by Gasteiger charge is 2.10. The fourth-order valence-electron chi connectivity index (χ4n) is 3.55. The van der Waals surface area contributed by atoms with E-state index in [0.29, 0.717) is 5.95 Å². The molecule has 1 aliphatic rings. The van der Waals surface area contributed by atoms with Crippen LogP contribution < -0.4 is 15.5 Å². The SMILES string of the molecule is Cc1ccccc1CNc1ccnc(Nc2ccc(N3CCCCC3)cc2)n1. The first kappa shape index (κ1) is 18.3. The molecule has 2 heterocycles. The molecule has 0 saturated carbocycles. The molecule has 28 heavy (non-hydrogen) atoms. The van der Waals surface area contributed by atoms with Crippen LogP contribution in [0, 0.1) is 6.92 Å². The molecule has 3 aromatic rings. The summed E-state index contributed by atoms with van der Waals surface area (Å²) in [5, 5.41) is 6.69. The third-order valence-electron chi connectivity index (χ3n) is 5.22. The average molecular weight is 374 g/mol. The number of aromatic nitrogens is 2. The molecule has 1 fully saturated rings. The van der Waals surface area contributed by atoms with Gasteiger partial charge < -0.3 is 15.5 Å². The summed E-state index contributed by atoms with van der Waals surface area (Å²) in [4.78, 5) is 11.4. The normalized spacial score (nSPS) is 14.0. The molecule has 5 nitrogen and oxygen atoms in total. The Labute approximate surface area is 166 Å². The quantitative estimate of drug-likeness (QED) is 0.627. The largest absolute Gasteiger partial charge is 0.372 e. The van der Waals surface area contributed by atoms with Crippen molar-refractivity contribution >= 4 is 23.1 Å². The zero-order valence-electron chi connectivity index (χ0n) is 16.4. The van der Waals surface area contributed by atoms with Gasteiger partial charge in [-0.05, 0) is 67.6 Å². The van der Waals surface area contributed by atoms with Gasteiger partial charge in [0.25, 0.3) is 0 Å². The van der Waals surface area contributed by atoms with E-state index in [-0.39, 0.29) is 0 Å². The molecule has 0 radical (unpaired) electrons. The van der Waals surface area contributed by atoms with Crippen molar-refractivity contribution in [2.45, 2.75) is 32.7 Å². The highest BCUT2D eigenvalue weighted by Crippen LogP contribution is 2.23. The van der Waals surface area contributed by atoms with Gasteiger partial charge in [-0.15, -0.1) is 0 Å². The molecule has 4 rings (SSSR count). The molecule has 1 aromatic heterocycles. The van der Waals surface area contributed by atoms with E-state index in [1.54, 1.807) is 6.20 Å². The zero-order valence-corrected chi connectivity index (χ0v) is 16.4. The van der Waals surface area contributed by atoms with Gasteiger partial charge in [0.1, 0.15) is 5.82 Å². The van der Waals surface area contributed by atoms with Crippen molar-refractivity contribution in [3.63, 3.8) is 0 Å². The summed E-state index contributed by atoms with van der Waals surface area (Å²) < 4.78 is 0. The number of nitrogens with one attached hydrogen (secondary N) is 2. The van der Waals surface area contributed by atoms with Crippen LogP contribution in [-0.2, 0) is 6.54 Å². The standard InChI is InChI=1S/C23H27N5/c1-18-7-3-4-8-19(18)17-25-22-13-14-24-23(27-22)26-20-9-11-21(12-10-20)28-15-5-2-6-16-28/h3-4,7-14H,2,5-6,15-17H2,1H3,(H2,24,25,26,27). The van der Waals surface area contributed by atoms with Gasteiger partial charge in [-0.2, -0.15) is 4.98 Å². The predicted molar refractivity (Wildman–Crippen MR) is 116 cm³/mol. The lowest BCUT2D eigenvalue weighted by molar-refractivity contribution is 0.578. The van der Waals surface area contributed by atoms with E-state index in [9.17, 15) is 0 Å². The third kappa shape index (κ3) is 4.60. The maximum Gasteiger partial charge on any atom is 0.229 e. The maximum atomic E-state index is 4.58. The number of anilines is 4. The van der Waals surface area contributed by atoms with Crippen LogP contribution >= 0.6 is 0 Å². The molecule has 0 amide bonds. The van der Waals surface area contributed by atoms with E-state index in [1.807, 2.05) is 6.07 Å². The zero-order chi connectivity index (χ0) is 19.2. The van der Waals surface area contributed by atoms with Crippen LogP contribution in [0.25, 0.3) is 0 Å². The molecular formula is C23H27N5. The highest BCUT2D eigenvalue weighted by atomic mass is 15.1. The minimum absolute atomic E-state index is 0.598. The van der Waals surface area contributed by atoms with Crippen LogP contribution in [0.1, 0.15) is 30.4 Å². The smallest absolute Gasteiger partial charge is 0.229 e. The van der Waals surface area contributed by atoms with Crippen LogP contribution in [0.2, 0.25) is 0 Å². The first-order chi connectivity index (χ1) is 13.8. The molecule has 0 unspecified atom stereocenters. The first-order valence-electron chi connectivity index (χ1n) is 10.0. The molecule has 0 atom stereocenters. The number of benzene rings is 2. The lowest BCUT2D eigenvalue weighted by Gasteiger charge is -2.28. The molecule has 0 aliphatic carbocycles. The number of aryl methyl sites for hydroxylation is 1. The molecular weight excluding hydrogens is 346 g/mol. The Kier molecular flexibility index (Phi) is 5.71. The second-order valence-electron chi connectivity index (χ2n) is 7.27. The highest BCUT2D eigenvalue weighted by molar-refractivity contribution is 5.60. The third-order valence-corrected chi connectivity index (χ3v) is 5.22. The lowest BCUT2D eigenvalue weighted by Crippen LogP contribution is -2.29. The number of hydrogen-bond acceptors (Lipinski definition) is 5. The van der Waals surface area contributed by atoms with E-state index >= 15 is 0 Å². The summed E-state index contributed by atoms with van der Waals surface area (Å²) in [6.45, 7) is 5.18. The van der Waals surface area contributed by atoms with E-state index in [1.165, 1.54) is 36.1 Å². The van der Waals surface area contributed by atoms with Gasteiger partial charge >= 0.3 is 0 Å². The second kappa shape index (κ2) is 8.74.